The van der Waals surface area contributed by atoms with E-state index in [0.29, 0.717) is 11.0 Å². The van der Waals surface area contributed by atoms with E-state index < -0.39 is 0 Å². The Morgan fingerprint density at radius 3 is 2.08 bits per heavy atom. The van der Waals surface area contributed by atoms with Crippen LogP contribution in [-0.4, -0.2) is 23.5 Å². The molecule has 1 heteroatoms. The third-order valence-electron chi connectivity index (χ3n) is 8.55. The summed E-state index contributed by atoms with van der Waals surface area (Å²) in [6.45, 7) is 7.66. The van der Waals surface area contributed by atoms with Crippen LogP contribution in [0.1, 0.15) is 64.4 Å². The Morgan fingerprint density at radius 2 is 1.50 bits per heavy atom. The number of hydrogen-bond acceptors (Lipinski definition) is 1. The molecule has 1 heterocycles. The minimum Gasteiger partial charge on any atom is -0.297 e. The normalized spacial score (nSPS) is 47.9. The van der Waals surface area contributed by atoms with Crippen molar-refractivity contribution in [3.8, 4) is 0 Å². The summed E-state index contributed by atoms with van der Waals surface area (Å²) >= 11 is 0. The van der Waals surface area contributed by atoms with Gasteiger partial charge in [0.25, 0.3) is 0 Å². The zero-order chi connectivity index (χ0) is 16.4. The van der Waals surface area contributed by atoms with Gasteiger partial charge in [0.2, 0.25) is 0 Å². The first-order chi connectivity index (χ1) is 11.6. The van der Waals surface area contributed by atoms with E-state index in [-0.39, 0.29) is 0 Å². The van der Waals surface area contributed by atoms with Crippen LogP contribution in [-0.2, 0) is 5.41 Å². The van der Waals surface area contributed by atoms with E-state index in [4.69, 9.17) is 0 Å². The van der Waals surface area contributed by atoms with E-state index in [0.717, 1.165) is 23.7 Å². The SMILES string of the molecule is CC1CCN(C23CC4CC(CC(C4)C2)C3)CC1(C)c1ccccc1. The van der Waals surface area contributed by atoms with Crippen LogP contribution in [0.15, 0.2) is 30.3 Å². The first-order valence-electron chi connectivity index (χ1n) is 10.4. The fourth-order valence-corrected chi connectivity index (χ4v) is 7.35. The molecule has 1 aromatic rings. The second kappa shape index (κ2) is 5.34. The van der Waals surface area contributed by atoms with Crippen LogP contribution in [0.3, 0.4) is 0 Å². The molecule has 4 aliphatic carbocycles. The quantitative estimate of drug-likeness (QED) is 0.718. The van der Waals surface area contributed by atoms with Gasteiger partial charge in [-0.2, -0.15) is 0 Å². The van der Waals surface area contributed by atoms with Crippen molar-refractivity contribution < 1.29 is 0 Å². The van der Waals surface area contributed by atoms with Gasteiger partial charge in [-0.1, -0.05) is 44.2 Å². The van der Waals surface area contributed by atoms with Crippen molar-refractivity contribution in [3.63, 3.8) is 0 Å². The fourth-order valence-electron chi connectivity index (χ4n) is 7.35. The molecule has 0 radical (unpaired) electrons. The molecule has 1 saturated heterocycles. The molecule has 1 nitrogen and oxygen atoms in total. The van der Waals surface area contributed by atoms with E-state index in [2.05, 4.69) is 49.1 Å². The zero-order valence-electron chi connectivity index (χ0n) is 15.5. The van der Waals surface area contributed by atoms with Gasteiger partial charge in [0, 0.05) is 17.5 Å². The van der Waals surface area contributed by atoms with Gasteiger partial charge in [-0.05, 0) is 80.7 Å². The highest BCUT2D eigenvalue weighted by molar-refractivity contribution is 5.27. The molecule has 6 rings (SSSR count). The molecule has 0 amide bonds. The van der Waals surface area contributed by atoms with E-state index in [1.54, 1.807) is 24.8 Å². The molecule has 2 unspecified atom stereocenters. The second-order valence-corrected chi connectivity index (χ2v) is 10.0. The van der Waals surface area contributed by atoms with Gasteiger partial charge in [0.1, 0.15) is 0 Å². The largest absolute Gasteiger partial charge is 0.297 e. The number of hydrogen-bond donors (Lipinski definition) is 0. The van der Waals surface area contributed by atoms with E-state index >= 15 is 0 Å². The lowest BCUT2D eigenvalue weighted by Crippen LogP contribution is -2.64. The topological polar surface area (TPSA) is 3.24 Å². The third kappa shape index (κ3) is 2.23. The smallest absolute Gasteiger partial charge is 0.0217 e. The maximum Gasteiger partial charge on any atom is 0.0217 e. The first kappa shape index (κ1) is 15.4. The Balaban J connectivity index is 1.46. The van der Waals surface area contributed by atoms with Crippen molar-refractivity contribution in [1.82, 2.24) is 4.90 Å². The lowest BCUT2D eigenvalue weighted by atomic mass is 9.52. The minimum atomic E-state index is 0.322. The molecule has 0 N–H and O–H groups in total. The van der Waals surface area contributed by atoms with E-state index in [9.17, 15) is 0 Å². The second-order valence-electron chi connectivity index (χ2n) is 10.0. The monoisotopic (exact) mass is 323 g/mol. The average Bonchev–Trinajstić information content (AvgIpc) is 2.57. The van der Waals surface area contributed by atoms with E-state index in [1.165, 1.54) is 38.8 Å². The summed E-state index contributed by atoms with van der Waals surface area (Å²) in [4.78, 5) is 2.99. The van der Waals surface area contributed by atoms with Gasteiger partial charge in [0.15, 0.2) is 0 Å². The molecular weight excluding hydrogens is 290 g/mol. The van der Waals surface area contributed by atoms with Crippen molar-refractivity contribution in [1.29, 1.82) is 0 Å². The molecule has 0 aromatic heterocycles. The summed E-state index contributed by atoms with van der Waals surface area (Å²) in [6, 6.07) is 11.4. The van der Waals surface area contributed by atoms with E-state index in [1.807, 2.05) is 0 Å². The third-order valence-corrected chi connectivity index (χ3v) is 8.55. The summed E-state index contributed by atoms with van der Waals surface area (Å²) in [5.74, 6) is 3.95. The van der Waals surface area contributed by atoms with Crippen molar-refractivity contribution in [3.05, 3.63) is 35.9 Å². The Kier molecular flexibility index (Phi) is 3.43. The molecule has 5 aliphatic rings. The molecule has 0 spiro atoms. The first-order valence-corrected chi connectivity index (χ1v) is 10.4. The van der Waals surface area contributed by atoms with Crippen LogP contribution in [0.4, 0.5) is 0 Å². The minimum absolute atomic E-state index is 0.322. The Morgan fingerprint density at radius 1 is 0.917 bits per heavy atom. The molecule has 1 aliphatic heterocycles. The molecule has 4 saturated carbocycles. The maximum atomic E-state index is 2.99. The number of piperidine rings is 1. The predicted octanol–water partition coefficient (Wildman–Crippen LogP) is 5.25. The van der Waals surface area contributed by atoms with Crippen LogP contribution in [0, 0.1) is 23.7 Å². The van der Waals surface area contributed by atoms with Crippen molar-refractivity contribution in [2.24, 2.45) is 23.7 Å². The molecule has 2 atom stereocenters. The number of rotatable bonds is 2. The van der Waals surface area contributed by atoms with Crippen LogP contribution >= 0.6 is 0 Å². The Bertz CT molecular complexity index is 570. The number of nitrogens with zero attached hydrogens (tertiary/aromatic N) is 1. The standard InChI is InChI=1S/C23H33N/c1-17-8-9-24(16-22(17,2)21-6-4-3-5-7-21)23-13-18-10-19(14-23)12-20(11-18)15-23/h3-7,17-20H,8-16H2,1-2H3. The Hall–Kier alpha value is -0.820. The summed E-state index contributed by atoms with van der Waals surface area (Å²) in [5, 5.41) is 0. The van der Waals surface area contributed by atoms with Gasteiger partial charge in [-0.3, -0.25) is 4.90 Å². The lowest BCUT2D eigenvalue weighted by molar-refractivity contribution is -0.109. The van der Waals surface area contributed by atoms with Gasteiger partial charge in [0.05, 0.1) is 0 Å². The summed E-state index contributed by atoms with van der Waals surface area (Å²) in [5.41, 5.74) is 2.46. The molecule has 24 heavy (non-hydrogen) atoms. The van der Waals surface area contributed by atoms with Crippen LogP contribution in [0.2, 0.25) is 0 Å². The molecule has 4 bridgehead atoms. The summed E-state index contributed by atoms with van der Waals surface area (Å²) < 4.78 is 0. The molecule has 1 aromatic carbocycles. The maximum absolute atomic E-state index is 2.99. The highest BCUT2D eigenvalue weighted by Crippen LogP contribution is 2.59. The summed E-state index contributed by atoms with van der Waals surface area (Å²) in [7, 11) is 0. The van der Waals surface area contributed by atoms with Crippen LogP contribution in [0.5, 0.6) is 0 Å². The summed E-state index contributed by atoms with van der Waals surface area (Å²) in [6.07, 6.45) is 10.6. The predicted molar refractivity (Wildman–Crippen MR) is 100 cm³/mol. The van der Waals surface area contributed by atoms with Gasteiger partial charge in [-0.15, -0.1) is 0 Å². The van der Waals surface area contributed by atoms with Crippen molar-refractivity contribution in [2.75, 3.05) is 13.1 Å². The van der Waals surface area contributed by atoms with Crippen LogP contribution in [0.25, 0.3) is 0 Å². The highest BCUT2D eigenvalue weighted by Gasteiger charge is 2.55. The molecule has 130 valence electrons. The van der Waals surface area contributed by atoms with Crippen molar-refractivity contribution >= 4 is 0 Å². The van der Waals surface area contributed by atoms with Gasteiger partial charge in [-0.25, -0.2) is 0 Å². The van der Waals surface area contributed by atoms with Gasteiger partial charge < -0.3 is 0 Å². The Labute approximate surface area is 147 Å². The number of likely N-dealkylation sites (tertiary alicyclic amines) is 1. The lowest BCUT2D eigenvalue weighted by Gasteiger charge is -2.63. The highest BCUT2D eigenvalue weighted by atomic mass is 15.2. The molecule has 5 fully saturated rings. The number of benzene rings is 1. The van der Waals surface area contributed by atoms with Crippen molar-refractivity contribution in [2.45, 2.75) is 69.7 Å². The fraction of sp³-hybridized carbons (Fsp3) is 0.739. The van der Waals surface area contributed by atoms with Gasteiger partial charge >= 0.3 is 0 Å². The molecular formula is C23H33N. The zero-order valence-corrected chi connectivity index (χ0v) is 15.5. The van der Waals surface area contributed by atoms with Crippen LogP contribution < -0.4 is 0 Å². The average molecular weight is 324 g/mol.